The summed E-state index contributed by atoms with van der Waals surface area (Å²) in [5.74, 6) is 0. The Hall–Kier alpha value is -0.940. The molecule has 0 saturated carbocycles. The Kier molecular flexibility index (Phi) is 1.76. The van der Waals surface area contributed by atoms with E-state index in [9.17, 15) is 0 Å². The molecule has 0 radical (unpaired) electrons. The summed E-state index contributed by atoms with van der Waals surface area (Å²) in [7, 11) is 0. The fourth-order valence-corrected chi connectivity index (χ4v) is 0.521. The standard InChI is InChI=1S/C4H9N5/c5-1-4-2-9(3-6)8-7-4/h2H,1,3,5-6H2. The van der Waals surface area contributed by atoms with E-state index in [-0.39, 0.29) is 0 Å². The quantitative estimate of drug-likeness (QED) is 0.514. The summed E-state index contributed by atoms with van der Waals surface area (Å²) in [5.41, 5.74) is 11.3. The van der Waals surface area contributed by atoms with Gasteiger partial charge in [-0.25, -0.2) is 4.68 Å². The second-order valence-corrected chi connectivity index (χ2v) is 1.64. The SMILES string of the molecule is NCc1cn(CN)nn1. The van der Waals surface area contributed by atoms with Crippen molar-refractivity contribution in [1.29, 1.82) is 0 Å². The van der Waals surface area contributed by atoms with E-state index in [0.717, 1.165) is 5.69 Å². The molecular formula is C4H9N5. The smallest absolute Gasteiger partial charge is 0.0963 e. The highest BCUT2D eigenvalue weighted by molar-refractivity contribution is 4.89. The number of hydrogen-bond acceptors (Lipinski definition) is 4. The molecule has 4 N–H and O–H groups in total. The average molecular weight is 127 g/mol. The van der Waals surface area contributed by atoms with Crippen molar-refractivity contribution in [3.63, 3.8) is 0 Å². The minimum atomic E-state index is 0.354. The summed E-state index contributed by atoms with van der Waals surface area (Å²) in [6.45, 7) is 0.771. The lowest BCUT2D eigenvalue weighted by Gasteiger charge is -1.87. The minimum absolute atomic E-state index is 0.354. The first-order chi connectivity index (χ1) is 4.36. The van der Waals surface area contributed by atoms with Gasteiger partial charge in [0.15, 0.2) is 0 Å². The average Bonchev–Trinajstić information content (AvgIpc) is 2.34. The van der Waals surface area contributed by atoms with Crippen LogP contribution in [0.1, 0.15) is 5.69 Å². The molecule has 0 atom stereocenters. The van der Waals surface area contributed by atoms with Crippen molar-refractivity contribution < 1.29 is 0 Å². The highest BCUT2D eigenvalue weighted by atomic mass is 15.4. The van der Waals surface area contributed by atoms with Gasteiger partial charge in [0.25, 0.3) is 0 Å². The zero-order chi connectivity index (χ0) is 6.69. The van der Waals surface area contributed by atoms with Crippen molar-refractivity contribution in [2.75, 3.05) is 0 Å². The molecule has 1 aromatic rings. The van der Waals surface area contributed by atoms with Crippen molar-refractivity contribution in [3.05, 3.63) is 11.9 Å². The second-order valence-electron chi connectivity index (χ2n) is 1.64. The van der Waals surface area contributed by atoms with Crippen LogP contribution in [-0.2, 0) is 13.2 Å². The molecule has 1 heterocycles. The van der Waals surface area contributed by atoms with Crippen LogP contribution in [0.2, 0.25) is 0 Å². The Balaban J connectivity index is 2.74. The van der Waals surface area contributed by atoms with E-state index < -0.39 is 0 Å². The molecule has 0 spiro atoms. The fourth-order valence-electron chi connectivity index (χ4n) is 0.521. The fraction of sp³-hybridized carbons (Fsp3) is 0.500. The van der Waals surface area contributed by atoms with Gasteiger partial charge < -0.3 is 11.5 Å². The van der Waals surface area contributed by atoms with Crippen molar-refractivity contribution >= 4 is 0 Å². The maximum absolute atomic E-state index is 5.26. The summed E-state index contributed by atoms with van der Waals surface area (Å²) >= 11 is 0. The number of hydrogen-bond donors (Lipinski definition) is 2. The molecule has 0 fully saturated rings. The van der Waals surface area contributed by atoms with Crippen LogP contribution in [0, 0.1) is 0 Å². The Morgan fingerprint density at radius 2 is 2.33 bits per heavy atom. The third-order valence-corrected chi connectivity index (χ3v) is 0.982. The zero-order valence-corrected chi connectivity index (χ0v) is 4.99. The molecule has 0 aliphatic heterocycles. The van der Waals surface area contributed by atoms with Crippen LogP contribution in [0.4, 0.5) is 0 Å². The van der Waals surface area contributed by atoms with Gasteiger partial charge in [-0.05, 0) is 0 Å². The van der Waals surface area contributed by atoms with Gasteiger partial charge in [0, 0.05) is 6.54 Å². The first-order valence-corrected chi connectivity index (χ1v) is 2.66. The third-order valence-electron chi connectivity index (χ3n) is 0.982. The normalized spacial score (nSPS) is 10.0. The van der Waals surface area contributed by atoms with Crippen molar-refractivity contribution in [2.45, 2.75) is 13.2 Å². The van der Waals surface area contributed by atoms with E-state index in [0.29, 0.717) is 13.2 Å². The molecule has 5 nitrogen and oxygen atoms in total. The summed E-state index contributed by atoms with van der Waals surface area (Å²) in [5, 5.41) is 7.38. The number of aromatic nitrogens is 3. The van der Waals surface area contributed by atoms with Crippen LogP contribution in [-0.4, -0.2) is 15.0 Å². The molecule has 1 aromatic heterocycles. The lowest BCUT2D eigenvalue weighted by atomic mass is 10.5. The maximum Gasteiger partial charge on any atom is 0.0963 e. The molecular weight excluding hydrogens is 118 g/mol. The highest BCUT2D eigenvalue weighted by Crippen LogP contribution is 1.87. The van der Waals surface area contributed by atoms with Gasteiger partial charge in [-0.3, -0.25) is 0 Å². The van der Waals surface area contributed by atoms with E-state index in [1.807, 2.05) is 0 Å². The van der Waals surface area contributed by atoms with Crippen LogP contribution in [0.25, 0.3) is 0 Å². The van der Waals surface area contributed by atoms with Gasteiger partial charge in [0.1, 0.15) is 0 Å². The van der Waals surface area contributed by atoms with Gasteiger partial charge >= 0.3 is 0 Å². The van der Waals surface area contributed by atoms with Crippen molar-refractivity contribution in [2.24, 2.45) is 11.5 Å². The summed E-state index contributed by atoms with van der Waals surface area (Å²) in [4.78, 5) is 0. The molecule has 0 unspecified atom stereocenters. The Labute approximate surface area is 52.6 Å². The van der Waals surface area contributed by atoms with Crippen LogP contribution in [0.3, 0.4) is 0 Å². The molecule has 50 valence electrons. The first kappa shape index (κ1) is 6.18. The first-order valence-electron chi connectivity index (χ1n) is 2.66. The van der Waals surface area contributed by atoms with E-state index in [1.165, 1.54) is 4.68 Å². The molecule has 9 heavy (non-hydrogen) atoms. The number of rotatable bonds is 2. The van der Waals surface area contributed by atoms with Gasteiger partial charge in [-0.15, -0.1) is 5.10 Å². The summed E-state index contributed by atoms with van der Waals surface area (Å²) in [6, 6.07) is 0. The third kappa shape index (κ3) is 1.24. The molecule has 0 aliphatic carbocycles. The lowest BCUT2D eigenvalue weighted by molar-refractivity contribution is 0.608. The van der Waals surface area contributed by atoms with Gasteiger partial charge in [-0.2, -0.15) is 0 Å². The number of nitrogens with two attached hydrogens (primary N) is 2. The Bertz CT molecular complexity index is 162. The summed E-state index contributed by atoms with van der Waals surface area (Å²) < 4.78 is 1.53. The summed E-state index contributed by atoms with van der Waals surface area (Å²) in [6.07, 6.45) is 1.72. The minimum Gasteiger partial charge on any atom is -0.325 e. The topological polar surface area (TPSA) is 82.8 Å². The molecule has 0 saturated heterocycles. The van der Waals surface area contributed by atoms with E-state index in [1.54, 1.807) is 6.20 Å². The van der Waals surface area contributed by atoms with Crippen LogP contribution >= 0.6 is 0 Å². The Morgan fingerprint density at radius 1 is 1.56 bits per heavy atom. The lowest BCUT2D eigenvalue weighted by Crippen LogP contribution is -2.07. The predicted molar refractivity (Wildman–Crippen MR) is 32.1 cm³/mol. The highest BCUT2D eigenvalue weighted by Gasteiger charge is 1.93. The van der Waals surface area contributed by atoms with E-state index in [2.05, 4.69) is 10.3 Å². The van der Waals surface area contributed by atoms with Crippen molar-refractivity contribution in [1.82, 2.24) is 15.0 Å². The van der Waals surface area contributed by atoms with Crippen LogP contribution in [0.5, 0.6) is 0 Å². The van der Waals surface area contributed by atoms with E-state index >= 15 is 0 Å². The second kappa shape index (κ2) is 2.56. The van der Waals surface area contributed by atoms with E-state index in [4.69, 9.17) is 11.5 Å². The van der Waals surface area contributed by atoms with Gasteiger partial charge in [0.2, 0.25) is 0 Å². The monoisotopic (exact) mass is 127 g/mol. The maximum atomic E-state index is 5.26. The van der Waals surface area contributed by atoms with Crippen molar-refractivity contribution in [3.8, 4) is 0 Å². The largest absolute Gasteiger partial charge is 0.325 e. The zero-order valence-electron chi connectivity index (χ0n) is 4.99. The number of nitrogens with zero attached hydrogens (tertiary/aromatic N) is 3. The molecule has 0 aromatic carbocycles. The van der Waals surface area contributed by atoms with Crippen LogP contribution < -0.4 is 11.5 Å². The molecule has 0 amide bonds. The van der Waals surface area contributed by atoms with Gasteiger partial charge in [0.05, 0.1) is 18.6 Å². The van der Waals surface area contributed by atoms with Crippen LogP contribution in [0.15, 0.2) is 6.20 Å². The van der Waals surface area contributed by atoms with Gasteiger partial charge in [-0.1, -0.05) is 5.21 Å². The molecule has 5 heteroatoms. The molecule has 0 aliphatic rings. The Morgan fingerprint density at radius 3 is 2.67 bits per heavy atom. The molecule has 1 rings (SSSR count). The predicted octanol–water partition coefficient (Wildman–Crippen LogP) is -1.35. The molecule has 0 bridgehead atoms.